The van der Waals surface area contributed by atoms with Gasteiger partial charge in [-0.05, 0) is 137 Å². The molecule has 4 fully saturated rings. The molecule has 0 amide bonds. The molecule has 3 N–H and O–H groups in total. The molecule has 0 heterocycles. The first-order chi connectivity index (χ1) is 18.4. The van der Waals surface area contributed by atoms with Gasteiger partial charge in [0, 0.05) is 6.42 Å². The number of ether oxygens (including phenoxy) is 1. The van der Waals surface area contributed by atoms with Gasteiger partial charge >= 0.3 is 5.97 Å². The van der Waals surface area contributed by atoms with Crippen LogP contribution in [0.2, 0.25) is 0 Å². The van der Waals surface area contributed by atoms with E-state index in [0.717, 1.165) is 64.2 Å². The van der Waals surface area contributed by atoms with E-state index < -0.39 is 0 Å². The minimum Gasteiger partial charge on any atom is -0.461 e. The molecule has 0 aromatic carbocycles. The predicted octanol–water partition coefficient (Wildman–Crippen LogP) is 6.60. The maximum atomic E-state index is 12.5. The molecule has 4 aliphatic carbocycles. The summed E-state index contributed by atoms with van der Waals surface area (Å²) in [6.45, 7) is 13.5. The van der Waals surface area contributed by atoms with Crippen LogP contribution in [-0.2, 0) is 9.53 Å². The minimum atomic E-state index is -0.389. The molecule has 222 valence electrons. The van der Waals surface area contributed by atoms with Crippen LogP contribution < -0.4 is 0 Å². The summed E-state index contributed by atoms with van der Waals surface area (Å²) in [5.41, 5.74) is 2.44. The first-order valence-corrected chi connectivity index (χ1v) is 15.9. The van der Waals surface area contributed by atoms with Gasteiger partial charge in [0.1, 0.15) is 6.61 Å². The van der Waals surface area contributed by atoms with E-state index in [1.54, 1.807) is 0 Å². The Morgan fingerprint density at radius 2 is 1.72 bits per heavy atom. The second-order valence-corrected chi connectivity index (χ2v) is 14.6. The number of aliphatic hydroxyl groups excluding tert-OH is 3. The van der Waals surface area contributed by atoms with E-state index in [-0.39, 0.29) is 41.0 Å². The molecule has 5 heteroatoms. The highest BCUT2D eigenvalue weighted by molar-refractivity contribution is 5.69. The van der Waals surface area contributed by atoms with Crippen molar-refractivity contribution in [3.05, 3.63) is 23.3 Å². The van der Waals surface area contributed by atoms with Gasteiger partial charge in [-0.15, -0.1) is 0 Å². The Hall–Kier alpha value is -1.17. The van der Waals surface area contributed by atoms with E-state index in [1.165, 1.54) is 11.1 Å². The summed E-state index contributed by atoms with van der Waals surface area (Å²) in [4.78, 5) is 12.5. The SMILES string of the molecule is CC(C)=CCC/C(C)=C/COC(=O)CCC(C)C1CC[C@H]2C3[C@H](O)CC4C[C@H](O)CCC4(C)[C@H]3C[C@H](O)C12C. The summed E-state index contributed by atoms with van der Waals surface area (Å²) in [5.74, 6) is 1.71. The average Bonchev–Trinajstić information content (AvgIpc) is 3.22. The fourth-order valence-electron chi connectivity index (χ4n) is 9.72. The lowest BCUT2D eigenvalue weighted by atomic mass is 9.43. The number of allylic oxidation sites excluding steroid dienone is 3. The van der Waals surface area contributed by atoms with Crippen LogP contribution in [0, 0.1) is 46.3 Å². The monoisotopic (exact) mass is 544 g/mol. The van der Waals surface area contributed by atoms with E-state index in [0.29, 0.717) is 42.6 Å². The van der Waals surface area contributed by atoms with Crippen LogP contribution in [0.25, 0.3) is 0 Å². The number of hydrogen-bond donors (Lipinski definition) is 3. The van der Waals surface area contributed by atoms with Crippen molar-refractivity contribution in [2.75, 3.05) is 6.61 Å². The highest BCUT2D eigenvalue weighted by Crippen LogP contribution is 2.68. The Morgan fingerprint density at radius 3 is 2.44 bits per heavy atom. The number of hydrogen-bond acceptors (Lipinski definition) is 5. The Kier molecular flexibility index (Phi) is 9.76. The van der Waals surface area contributed by atoms with Crippen LogP contribution in [0.15, 0.2) is 23.3 Å². The number of rotatable bonds is 9. The van der Waals surface area contributed by atoms with Crippen molar-refractivity contribution in [2.45, 2.75) is 130 Å². The van der Waals surface area contributed by atoms with Gasteiger partial charge in [-0.25, -0.2) is 0 Å². The summed E-state index contributed by atoms with van der Waals surface area (Å²) in [7, 11) is 0. The van der Waals surface area contributed by atoms with Gasteiger partial charge in [0.05, 0.1) is 18.3 Å². The highest BCUT2D eigenvalue weighted by Gasteiger charge is 2.65. The van der Waals surface area contributed by atoms with Gasteiger partial charge in [-0.2, -0.15) is 0 Å². The number of aliphatic hydroxyl groups is 3. The van der Waals surface area contributed by atoms with Gasteiger partial charge < -0.3 is 20.1 Å². The lowest BCUT2D eigenvalue weighted by Gasteiger charge is -2.63. The van der Waals surface area contributed by atoms with Crippen LogP contribution in [0.5, 0.6) is 0 Å². The Balaban J connectivity index is 1.34. The third-order valence-corrected chi connectivity index (χ3v) is 12.1. The normalized spacial score (nSPS) is 42.6. The molecular formula is C34H56O5. The van der Waals surface area contributed by atoms with E-state index in [2.05, 4.69) is 47.6 Å². The largest absolute Gasteiger partial charge is 0.461 e. The molecule has 4 saturated carbocycles. The molecule has 4 rings (SSSR count). The molecule has 0 aromatic rings. The fourth-order valence-corrected chi connectivity index (χ4v) is 9.72. The van der Waals surface area contributed by atoms with Crippen LogP contribution in [0.4, 0.5) is 0 Å². The molecule has 39 heavy (non-hydrogen) atoms. The lowest BCUT2D eigenvalue weighted by molar-refractivity contribution is -0.207. The van der Waals surface area contributed by atoms with Gasteiger partial charge in [0.15, 0.2) is 0 Å². The van der Waals surface area contributed by atoms with Gasteiger partial charge in [0.25, 0.3) is 0 Å². The van der Waals surface area contributed by atoms with Crippen molar-refractivity contribution in [2.24, 2.45) is 46.3 Å². The number of carbonyl (C=O) groups excluding carboxylic acids is 1. The second-order valence-electron chi connectivity index (χ2n) is 14.6. The smallest absolute Gasteiger partial charge is 0.306 e. The molecule has 0 spiro atoms. The second kappa shape index (κ2) is 12.4. The first-order valence-electron chi connectivity index (χ1n) is 15.9. The zero-order valence-electron chi connectivity index (χ0n) is 25.5. The number of carbonyl (C=O) groups is 1. The van der Waals surface area contributed by atoms with Crippen molar-refractivity contribution in [3.63, 3.8) is 0 Å². The quantitative estimate of drug-likeness (QED) is 0.225. The van der Waals surface area contributed by atoms with Crippen molar-refractivity contribution in [3.8, 4) is 0 Å². The van der Waals surface area contributed by atoms with Crippen LogP contribution in [-0.4, -0.2) is 46.2 Å². The third-order valence-electron chi connectivity index (χ3n) is 12.1. The Bertz CT molecular complexity index is 921. The van der Waals surface area contributed by atoms with Gasteiger partial charge in [0.2, 0.25) is 0 Å². The molecule has 0 radical (unpaired) electrons. The summed E-state index contributed by atoms with van der Waals surface area (Å²) < 4.78 is 5.53. The zero-order chi connectivity index (χ0) is 28.5. The fraction of sp³-hybridized carbons (Fsp3) is 0.853. The highest BCUT2D eigenvalue weighted by atomic mass is 16.5. The van der Waals surface area contributed by atoms with Crippen molar-refractivity contribution < 1.29 is 24.9 Å². The Morgan fingerprint density at radius 1 is 0.974 bits per heavy atom. The van der Waals surface area contributed by atoms with Gasteiger partial charge in [-0.1, -0.05) is 38.0 Å². The first kappa shape index (κ1) is 30.8. The van der Waals surface area contributed by atoms with Gasteiger partial charge in [-0.3, -0.25) is 4.79 Å². The average molecular weight is 545 g/mol. The molecular weight excluding hydrogens is 488 g/mol. The number of esters is 1. The zero-order valence-corrected chi connectivity index (χ0v) is 25.5. The summed E-state index contributed by atoms with van der Waals surface area (Å²) in [5, 5.41) is 33.5. The summed E-state index contributed by atoms with van der Waals surface area (Å²) >= 11 is 0. The van der Waals surface area contributed by atoms with E-state index in [1.807, 2.05) is 6.08 Å². The van der Waals surface area contributed by atoms with E-state index in [9.17, 15) is 20.1 Å². The van der Waals surface area contributed by atoms with Crippen LogP contribution >= 0.6 is 0 Å². The maximum Gasteiger partial charge on any atom is 0.306 e. The third kappa shape index (κ3) is 6.21. The molecule has 0 aliphatic heterocycles. The van der Waals surface area contributed by atoms with Crippen molar-refractivity contribution in [1.82, 2.24) is 0 Å². The molecule has 4 aliphatic rings. The summed E-state index contributed by atoms with van der Waals surface area (Å²) in [6.07, 6.45) is 12.7. The predicted molar refractivity (Wildman–Crippen MR) is 156 cm³/mol. The maximum absolute atomic E-state index is 12.5. The van der Waals surface area contributed by atoms with Crippen molar-refractivity contribution >= 4 is 5.97 Å². The standard InChI is InChI=1S/C34H56O5/c1-21(2)8-7-9-22(3)15-17-39-31(38)13-10-23(4)26-11-12-27-32-28(20-30(37)34(26,27)6)33(5)16-14-25(35)18-24(33)19-29(32)36/h8,15,23-30,32,35-37H,7,9-14,16-20H2,1-6H3/b22-15+/t23?,24?,25-,26?,27+,28+,29-,30+,32?,33?,34?/m1/s1. The van der Waals surface area contributed by atoms with E-state index in [4.69, 9.17) is 4.74 Å². The van der Waals surface area contributed by atoms with Crippen molar-refractivity contribution in [1.29, 1.82) is 0 Å². The lowest BCUT2D eigenvalue weighted by Crippen LogP contribution is -2.62. The molecule has 6 unspecified atom stereocenters. The molecule has 0 bridgehead atoms. The summed E-state index contributed by atoms with van der Waals surface area (Å²) in [6, 6.07) is 0. The van der Waals surface area contributed by atoms with E-state index >= 15 is 0 Å². The molecule has 5 nitrogen and oxygen atoms in total. The van der Waals surface area contributed by atoms with Crippen LogP contribution in [0.1, 0.15) is 112 Å². The number of fused-ring (bicyclic) bond motifs is 5. The topological polar surface area (TPSA) is 87.0 Å². The molecule has 0 aromatic heterocycles. The molecule has 0 saturated heterocycles. The molecule has 11 atom stereocenters. The minimum absolute atomic E-state index is 0.0946. The Labute approximate surface area is 237 Å². The van der Waals surface area contributed by atoms with Crippen LogP contribution in [0.3, 0.4) is 0 Å².